The van der Waals surface area contributed by atoms with Crippen LogP contribution < -0.4 is 10.1 Å². The Morgan fingerprint density at radius 3 is 2.67 bits per heavy atom. The number of nitrogens with zero attached hydrogens (tertiary/aromatic N) is 2. The summed E-state index contributed by atoms with van der Waals surface area (Å²) < 4.78 is 6.03. The molecule has 0 amide bonds. The van der Waals surface area contributed by atoms with Crippen molar-refractivity contribution in [3.05, 3.63) is 54.2 Å². The maximum atomic E-state index is 6.03. The lowest BCUT2D eigenvalue weighted by Gasteiger charge is -2.26. The molecule has 0 spiro atoms. The van der Waals surface area contributed by atoms with Gasteiger partial charge in [0.15, 0.2) is 0 Å². The van der Waals surface area contributed by atoms with Crippen LogP contribution in [-0.4, -0.2) is 36.1 Å². The number of rotatable bonds is 8. The third kappa shape index (κ3) is 5.24. The predicted octanol–water partition coefficient (Wildman–Crippen LogP) is 3.95. The molecule has 0 bridgehead atoms. The van der Waals surface area contributed by atoms with Crippen molar-refractivity contribution in [1.29, 1.82) is 0 Å². The van der Waals surface area contributed by atoms with E-state index in [4.69, 9.17) is 4.74 Å². The minimum absolute atomic E-state index is 0.722. The van der Waals surface area contributed by atoms with Crippen molar-refractivity contribution in [2.24, 2.45) is 0 Å². The number of piperidine rings is 1. The lowest BCUT2D eigenvalue weighted by molar-refractivity contribution is 0.204. The fourth-order valence-corrected chi connectivity index (χ4v) is 3.10. The first-order chi connectivity index (χ1) is 11.9. The number of hydrogen-bond acceptors (Lipinski definition) is 4. The third-order valence-corrected chi connectivity index (χ3v) is 4.42. The number of ether oxygens (including phenoxy) is 1. The first kappa shape index (κ1) is 16.8. The molecule has 1 N–H and O–H groups in total. The summed E-state index contributed by atoms with van der Waals surface area (Å²) in [5, 5.41) is 3.34. The zero-order valence-corrected chi connectivity index (χ0v) is 14.3. The molecular weight excluding hydrogens is 298 g/mol. The van der Waals surface area contributed by atoms with Gasteiger partial charge in [0.2, 0.25) is 0 Å². The molecule has 1 saturated heterocycles. The molecule has 1 aromatic heterocycles. The molecule has 2 aromatic rings. The van der Waals surface area contributed by atoms with Crippen molar-refractivity contribution in [3.63, 3.8) is 0 Å². The molecule has 0 unspecified atom stereocenters. The smallest absolute Gasteiger partial charge is 0.126 e. The number of likely N-dealkylation sites (tertiary alicyclic amines) is 1. The molecule has 1 aliphatic heterocycles. The Labute approximate surface area is 144 Å². The van der Waals surface area contributed by atoms with Crippen LogP contribution in [0.5, 0.6) is 5.75 Å². The Hall–Kier alpha value is -2.07. The van der Waals surface area contributed by atoms with E-state index in [1.54, 1.807) is 6.20 Å². The van der Waals surface area contributed by atoms with Crippen LogP contribution in [0.1, 0.15) is 31.2 Å². The average molecular weight is 325 g/mol. The Morgan fingerprint density at radius 1 is 1.00 bits per heavy atom. The van der Waals surface area contributed by atoms with Crippen LogP contribution in [0, 0.1) is 0 Å². The summed E-state index contributed by atoms with van der Waals surface area (Å²) in [5.41, 5.74) is 1.17. The summed E-state index contributed by atoms with van der Waals surface area (Å²) in [6, 6.07) is 14.1. The zero-order chi connectivity index (χ0) is 16.5. The molecule has 0 saturated carbocycles. The van der Waals surface area contributed by atoms with Crippen LogP contribution in [0.25, 0.3) is 0 Å². The zero-order valence-electron chi connectivity index (χ0n) is 14.3. The van der Waals surface area contributed by atoms with Gasteiger partial charge >= 0.3 is 0 Å². The van der Waals surface area contributed by atoms with Crippen molar-refractivity contribution in [2.75, 3.05) is 31.6 Å². The van der Waals surface area contributed by atoms with Crippen LogP contribution in [0.3, 0.4) is 0 Å². The van der Waals surface area contributed by atoms with Gasteiger partial charge in [0.1, 0.15) is 11.6 Å². The second-order valence-electron chi connectivity index (χ2n) is 6.28. The van der Waals surface area contributed by atoms with Gasteiger partial charge in [-0.3, -0.25) is 0 Å². The van der Waals surface area contributed by atoms with E-state index in [9.17, 15) is 0 Å². The highest BCUT2D eigenvalue weighted by Gasteiger charge is 2.09. The van der Waals surface area contributed by atoms with Gasteiger partial charge in [-0.2, -0.15) is 0 Å². The van der Waals surface area contributed by atoms with Gasteiger partial charge in [-0.15, -0.1) is 0 Å². The predicted molar refractivity (Wildman–Crippen MR) is 98.4 cm³/mol. The van der Waals surface area contributed by atoms with Crippen molar-refractivity contribution < 1.29 is 4.74 Å². The molecule has 2 heterocycles. The largest absolute Gasteiger partial charge is 0.493 e. The highest BCUT2D eigenvalue weighted by Crippen LogP contribution is 2.19. The molecule has 1 fully saturated rings. The maximum Gasteiger partial charge on any atom is 0.126 e. The average Bonchev–Trinajstić information content (AvgIpc) is 2.66. The Kier molecular flexibility index (Phi) is 6.49. The van der Waals surface area contributed by atoms with E-state index in [1.165, 1.54) is 37.9 Å². The number of nitrogens with one attached hydrogen (secondary N) is 1. The van der Waals surface area contributed by atoms with Gasteiger partial charge in [0.05, 0.1) is 6.61 Å². The van der Waals surface area contributed by atoms with Crippen LogP contribution in [0.4, 0.5) is 5.82 Å². The standard InChI is InChI=1S/C20H27N3O/c1-6-13-23(14-7-1)15-8-16-24-19-10-3-2-9-18(19)17-22-20-11-4-5-12-21-20/h2-5,9-12H,1,6-8,13-17H2,(H,21,22). The van der Waals surface area contributed by atoms with Gasteiger partial charge in [-0.05, 0) is 50.6 Å². The Morgan fingerprint density at radius 2 is 1.83 bits per heavy atom. The molecule has 0 aliphatic carbocycles. The fraction of sp³-hybridized carbons (Fsp3) is 0.450. The topological polar surface area (TPSA) is 37.4 Å². The second kappa shape index (κ2) is 9.28. The minimum atomic E-state index is 0.722. The van der Waals surface area contributed by atoms with E-state index in [2.05, 4.69) is 33.4 Å². The first-order valence-corrected chi connectivity index (χ1v) is 9.00. The Bertz CT molecular complexity index is 597. The highest BCUT2D eigenvalue weighted by atomic mass is 16.5. The monoisotopic (exact) mass is 325 g/mol. The lowest BCUT2D eigenvalue weighted by Crippen LogP contribution is -2.31. The molecule has 4 nitrogen and oxygen atoms in total. The van der Waals surface area contributed by atoms with Crippen molar-refractivity contribution in [3.8, 4) is 5.75 Å². The fourth-order valence-electron chi connectivity index (χ4n) is 3.10. The molecule has 0 atom stereocenters. The second-order valence-corrected chi connectivity index (χ2v) is 6.28. The van der Waals surface area contributed by atoms with Crippen LogP contribution in [0.15, 0.2) is 48.7 Å². The van der Waals surface area contributed by atoms with Crippen LogP contribution >= 0.6 is 0 Å². The molecular formula is C20H27N3O. The van der Waals surface area contributed by atoms with Gasteiger partial charge in [-0.25, -0.2) is 4.98 Å². The van der Waals surface area contributed by atoms with E-state index < -0.39 is 0 Å². The van der Waals surface area contributed by atoms with Crippen LogP contribution in [-0.2, 0) is 6.54 Å². The number of pyridine rings is 1. The molecule has 3 rings (SSSR count). The van der Waals surface area contributed by atoms with Gasteiger partial charge < -0.3 is 15.0 Å². The first-order valence-electron chi connectivity index (χ1n) is 9.00. The number of aromatic nitrogens is 1. The van der Waals surface area contributed by atoms with Crippen molar-refractivity contribution >= 4 is 5.82 Å². The number of benzene rings is 1. The van der Waals surface area contributed by atoms with E-state index in [1.807, 2.05) is 24.3 Å². The number of para-hydroxylation sites is 1. The molecule has 0 radical (unpaired) electrons. The summed E-state index contributed by atoms with van der Waals surface area (Å²) in [5.74, 6) is 1.86. The summed E-state index contributed by atoms with van der Waals surface area (Å²) in [7, 11) is 0. The normalized spacial score (nSPS) is 15.2. The minimum Gasteiger partial charge on any atom is -0.493 e. The van der Waals surface area contributed by atoms with E-state index in [0.29, 0.717) is 0 Å². The van der Waals surface area contributed by atoms with Crippen LogP contribution in [0.2, 0.25) is 0 Å². The number of anilines is 1. The highest BCUT2D eigenvalue weighted by molar-refractivity contribution is 5.39. The number of hydrogen-bond donors (Lipinski definition) is 1. The van der Waals surface area contributed by atoms with E-state index in [-0.39, 0.29) is 0 Å². The molecule has 1 aliphatic rings. The maximum absolute atomic E-state index is 6.03. The SMILES string of the molecule is c1ccc(NCc2ccccc2OCCCN2CCCCC2)nc1. The summed E-state index contributed by atoms with van der Waals surface area (Å²) in [6.07, 6.45) is 6.97. The third-order valence-electron chi connectivity index (χ3n) is 4.42. The molecule has 1 aromatic carbocycles. The molecule has 128 valence electrons. The van der Waals surface area contributed by atoms with E-state index in [0.717, 1.165) is 37.7 Å². The van der Waals surface area contributed by atoms with Gasteiger partial charge in [-0.1, -0.05) is 30.7 Å². The Balaban J connectivity index is 1.45. The van der Waals surface area contributed by atoms with E-state index >= 15 is 0 Å². The van der Waals surface area contributed by atoms with Gasteiger partial charge in [0.25, 0.3) is 0 Å². The van der Waals surface area contributed by atoms with Gasteiger partial charge in [0, 0.05) is 24.8 Å². The quantitative estimate of drug-likeness (QED) is 0.746. The summed E-state index contributed by atoms with van der Waals surface area (Å²) in [4.78, 5) is 6.85. The summed E-state index contributed by atoms with van der Waals surface area (Å²) in [6.45, 7) is 5.15. The molecule has 24 heavy (non-hydrogen) atoms. The lowest BCUT2D eigenvalue weighted by atomic mass is 10.1. The summed E-state index contributed by atoms with van der Waals surface area (Å²) >= 11 is 0. The van der Waals surface area contributed by atoms with Crippen molar-refractivity contribution in [1.82, 2.24) is 9.88 Å². The van der Waals surface area contributed by atoms with Crippen molar-refractivity contribution in [2.45, 2.75) is 32.2 Å². The molecule has 4 heteroatoms.